The maximum Gasteiger partial charge on any atom is 0.264 e. The second-order valence-corrected chi connectivity index (χ2v) is 8.88. The molecule has 0 saturated carbocycles. The van der Waals surface area contributed by atoms with Crippen LogP contribution in [0.1, 0.15) is 5.56 Å². The van der Waals surface area contributed by atoms with Crippen LogP contribution in [-0.2, 0) is 14.8 Å². The average molecular weight is 445 g/mol. The van der Waals surface area contributed by atoms with Gasteiger partial charge < -0.3 is 10.1 Å². The number of aryl methyl sites for hydroxylation is 1. The fourth-order valence-electron chi connectivity index (χ4n) is 2.77. The monoisotopic (exact) mass is 444 g/mol. The summed E-state index contributed by atoms with van der Waals surface area (Å²) in [4.78, 5) is 12.7. The summed E-state index contributed by atoms with van der Waals surface area (Å²) in [6, 6.07) is 19.5. The van der Waals surface area contributed by atoms with E-state index in [1.54, 1.807) is 36.4 Å². The van der Waals surface area contributed by atoms with Crippen molar-refractivity contribution in [3.63, 3.8) is 0 Å². The maximum atomic E-state index is 13.3. The van der Waals surface area contributed by atoms with Crippen LogP contribution in [0.2, 0.25) is 5.02 Å². The van der Waals surface area contributed by atoms with Crippen molar-refractivity contribution >= 4 is 38.9 Å². The van der Waals surface area contributed by atoms with Crippen molar-refractivity contribution in [2.24, 2.45) is 0 Å². The summed E-state index contributed by atoms with van der Waals surface area (Å²) in [5.41, 5.74) is 1.98. The lowest BCUT2D eigenvalue weighted by molar-refractivity contribution is -0.114. The average Bonchev–Trinajstić information content (AvgIpc) is 2.74. The number of sulfonamides is 1. The summed E-state index contributed by atoms with van der Waals surface area (Å²) >= 11 is 5.89. The molecule has 156 valence electrons. The van der Waals surface area contributed by atoms with E-state index >= 15 is 0 Å². The van der Waals surface area contributed by atoms with E-state index in [1.165, 1.54) is 31.4 Å². The van der Waals surface area contributed by atoms with E-state index in [4.69, 9.17) is 16.3 Å². The first-order valence-corrected chi connectivity index (χ1v) is 10.9. The maximum absolute atomic E-state index is 13.3. The third-order valence-electron chi connectivity index (χ3n) is 4.38. The Bertz CT molecular complexity index is 1110. The number of carbonyl (C=O) groups excluding carboxylic acids is 1. The number of nitrogens with one attached hydrogen (secondary N) is 1. The van der Waals surface area contributed by atoms with Crippen molar-refractivity contribution in [2.45, 2.75) is 11.8 Å². The normalized spacial score (nSPS) is 11.0. The van der Waals surface area contributed by atoms with Gasteiger partial charge in [0.15, 0.2) is 0 Å². The third kappa shape index (κ3) is 5.11. The van der Waals surface area contributed by atoms with E-state index in [9.17, 15) is 13.2 Å². The van der Waals surface area contributed by atoms with Gasteiger partial charge in [0.25, 0.3) is 10.0 Å². The summed E-state index contributed by atoms with van der Waals surface area (Å²) in [7, 11) is -2.49. The SMILES string of the molecule is COc1ccc(N(CC(=O)Nc2ccc(C)cc2)S(=O)(=O)c2ccc(Cl)cc2)cc1. The number of rotatable bonds is 7. The van der Waals surface area contributed by atoms with Crippen LogP contribution in [0.5, 0.6) is 5.75 Å². The molecule has 3 aromatic carbocycles. The van der Waals surface area contributed by atoms with E-state index < -0.39 is 22.5 Å². The molecule has 1 N–H and O–H groups in total. The zero-order valence-corrected chi connectivity index (χ0v) is 18.1. The van der Waals surface area contributed by atoms with Crippen LogP contribution in [0.25, 0.3) is 0 Å². The van der Waals surface area contributed by atoms with E-state index in [0.717, 1.165) is 9.87 Å². The smallest absolute Gasteiger partial charge is 0.264 e. The van der Waals surface area contributed by atoms with Gasteiger partial charge in [-0.2, -0.15) is 0 Å². The molecule has 3 rings (SSSR count). The third-order valence-corrected chi connectivity index (χ3v) is 6.42. The topological polar surface area (TPSA) is 75.7 Å². The summed E-state index contributed by atoms with van der Waals surface area (Å²) in [6.07, 6.45) is 0. The van der Waals surface area contributed by atoms with E-state index in [1.807, 2.05) is 19.1 Å². The summed E-state index contributed by atoms with van der Waals surface area (Å²) < 4.78 is 32.8. The predicted molar refractivity (Wildman–Crippen MR) is 119 cm³/mol. The Morgan fingerprint density at radius 3 is 2.13 bits per heavy atom. The first-order chi connectivity index (χ1) is 14.3. The van der Waals surface area contributed by atoms with Crippen molar-refractivity contribution in [3.8, 4) is 5.75 Å². The zero-order chi connectivity index (χ0) is 21.7. The molecule has 1 amide bonds. The molecule has 0 aromatic heterocycles. The van der Waals surface area contributed by atoms with Crippen molar-refractivity contribution in [1.82, 2.24) is 0 Å². The molecule has 0 radical (unpaired) electrons. The van der Waals surface area contributed by atoms with Crippen LogP contribution < -0.4 is 14.4 Å². The van der Waals surface area contributed by atoms with Gasteiger partial charge in [0.1, 0.15) is 12.3 Å². The number of benzene rings is 3. The van der Waals surface area contributed by atoms with Crippen molar-refractivity contribution < 1.29 is 17.9 Å². The Kier molecular flexibility index (Phi) is 6.64. The van der Waals surface area contributed by atoms with Crippen LogP contribution in [0.15, 0.2) is 77.7 Å². The molecule has 0 unspecified atom stereocenters. The van der Waals surface area contributed by atoms with Gasteiger partial charge in [0.05, 0.1) is 17.7 Å². The summed E-state index contributed by atoms with van der Waals surface area (Å²) in [5.74, 6) is 0.110. The lowest BCUT2D eigenvalue weighted by Gasteiger charge is -2.24. The molecule has 3 aromatic rings. The molecule has 0 aliphatic rings. The number of hydrogen-bond donors (Lipinski definition) is 1. The molecule has 0 heterocycles. The first-order valence-electron chi connectivity index (χ1n) is 9.08. The predicted octanol–water partition coefficient (Wildman–Crippen LogP) is 4.49. The minimum absolute atomic E-state index is 0.0332. The number of carbonyl (C=O) groups is 1. The highest BCUT2D eigenvalue weighted by atomic mass is 35.5. The van der Waals surface area contributed by atoms with E-state index in [-0.39, 0.29) is 4.90 Å². The Morgan fingerprint density at radius 1 is 0.967 bits per heavy atom. The second-order valence-electron chi connectivity index (χ2n) is 6.58. The van der Waals surface area contributed by atoms with Gasteiger partial charge in [-0.05, 0) is 67.6 Å². The molecule has 0 bridgehead atoms. The number of ether oxygens (including phenoxy) is 1. The summed E-state index contributed by atoms with van der Waals surface area (Å²) in [6.45, 7) is 1.54. The van der Waals surface area contributed by atoms with Crippen LogP contribution in [-0.4, -0.2) is 28.0 Å². The van der Waals surface area contributed by atoms with Gasteiger partial charge in [-0.25, -0.2) is 8.42 Å². The summed E-state index contributed by atoms with van der Waals surface area (Å²) in [5, 5.41) is 3.15. The molecule has 0 aliphatic carbocycles. The lowest BCUT2D eigenvalue weighted by atomic mass is 10.2. The quantitative estimate of drug-likeness (QED) is 0.582. The van der Waals surface area contributed by atoms with Gasteiger partial charge in [0, 0.05) is 10.7 Å². The Balaban J connectivity index is 1.93. The number of halogens is 1. The number of anilines is 2. The molecule has 0 atom stereocenters. The molecule has 30 heavy (non-hydrogen) atoms. The number of hydrogen-bond acceptors (Lipinski definition) is 4. The standard InChI is InChI=1S/C22H21ClN2O4S/c1-16-3-7-18(8-4-16)24-22(26)15-25(19-9-11-20(29-2)12-10-19)30(27,28)21-13-5-17(23)6-14-21/h3-14H,15H2,1-2H3,(H,24,26). The zero-order valence-electron chi connectivity index (χ0n) is 16.5. The minimum atomic E-state index is -4.01. The van der Waals surface area contributed by atoms with E-state index in [0.29, 0.717) is 22.1 Å². The van der Waals surface area contributed by atoms with Gasteiger partial charge in [0.2, 0.25) is 5.91 Å². The molecular weight excluding hydrogens is 424 g/mol. The van der Waals surface area contributed by atoms with Crippen molar-refractivity contribution in [1.29, 1.82) is 0 Å². The van der Waals surface area contributed by atoms with Gasteiger partial charge in [-0.3, -0.25) is 9.10 Å². The van der Waals surface area contributed by atoms with Crippen LogP contribution >= 0.6 is 11.6 Å². The fraction of sp³-hybridized carbons (Fsp3) is 0.136. The van der Waals surface area contributed by atoms with Crippen LogP contribution in [0.3, 0.4) is 0 Å². The van der Waals surface area contributed by atoms with Gasteiger partial charge in [-0.15, -0.1) is 0 Å². The Hall–Kier alpha value is -3.03. The van der Waals surface area contributed by atoms with Crippen LogP contribution in [0.4, 0.5) is 11.4 Å². The highest BCUT2D eigenvalue weighted by Crippen LogP contribution is 2.26. The van der Waals surface area contributed by atoms with Crippen molar-refractivity contribution in [2.75, 3.05) is 23.3 Å². The minimum Gasteiger partial charge on any atom is -0.497 e. The lowest BCUT2D eigenvalue weighted by Crippen LogP contribution is -2.38. The number of methoxy groups -OCH3 is 1. The molecule has 0 saturated heterocycles. The Labute approximate surface area is 181 Å². The van der Waals surface area contributed by atoms with E-state index in [2.05, 4.69) is 5.32 Å². The number of nitrogens with zero attached hydrogens (tertiary/aromatic N) is 1. The molecule has 0 aliphatic heterocycles. The number of amides is 1. The largest absolute Gasteiger partial charge is 0.497 e. The second kappa shape index (κ2) is 9.19. The highest BCUT2D eigenvalue weighted by Gasteiger charge is 2.27. The molecule has 8 heteroatoms. The highest BCUT2D eigenvalue weighted by molar-refractivity contribution is 7.92. The molecule has 0 fully saturated rings. The Morgan fingerprint density at radius 2 is 1.57 bits per heavy atom. The molecule has 6 nitrogen and oxygen atoms in total. The van der Waals surface area contributed by atoms with Crippen LogP contribution in [0, 0.1) is 6.92 Å². The molecular formula is C22H21ClN2O4S. The van der Waals surface area contributed by atoms with Crippen molar-refractivity contribution in [3.05, 3.63) is 83.4 Å². The first kappa shape index (κ1) is 21.7. The van der Waals surface area contributed by atoms with Gasteiger partial charge in [-0.1, -0.05) is 29.3 Å². The fourth-order valence-corrected chi connectivity index (χ4v) is 4.31. The molecule has 0 spiro atoms. The van der Waals surface area contributed by atoms with Gasteiger partial charge >= 0.3 is 0 Å².